The monoisotopic (exact) mass is 498 g/mol. The predicted molar refractivity (Wildman–Crippen MR) is 146 cm³/mol. The minimum absolute atomic E-state index is 0.588. The smallest absolute Gasteiger partial charge is 0.229 e. The van der Waals surface area contributed by atoms with Crippen LogP contribution in [-0.4, -0.2) is 52.6 Å². The molecule has 37 heavy (non-hydrogen) atoms. The lowest BCUT2D eigenvalue weighted by atomic mass is 9.82. The Morgan fingerprint density at radius 2 is 1.68 bits per heavy atom. The molecule has 4 aromatic rings. The Hall–Kier alpha value is -3.33. The van der Waals surface area contributed by atoms with E-state index in [1.54, 1.807) is 0 Å². The predicted octanol–water partition coefficient (Wildman–Crippen LogP) is 3.55. The number of benzene rings is 2. The van der Waals surface area contributed by atoms with E-state index in [0.29, 0.717) is 17.8 Å². The van der Waals surface area contributed by atoms with E-state index in [2.05, 4.69) is 39.2 Å². The van der Waals surface area contributed by atoms with Gasteiger partial charge in [-0.15, -0.1) is 0 Å². The minimum Gasteiger partial charge on any atom is -0.370 e. The first-order valence-electron chi connectivity index (χ1n) is 13.6. The second-order valence-corrected chi connectivity index (χ2v) is 10.4. The van der Waals surface area contributed by atoms with Gasteiger partial charge in [-0.3, -0.25) is 4.90 Å². The third-order valence-corrected chi connectivity index (χ3v) is 7.91. The topological polar surface area (TPSA) is 95.3 Å². The molecule has 0 atom stereocenters. The normalized spacial score (nSPS) is 20.8. The maximum Gasteiger partial charge on any atom is 0.229 e. The summed E-state index contributed by atoms with van der Waals surface area (Å²) in [6.45, 7) is 5.31. The fourth-order valence-electron chi connectivity index (χ4n) is 5.67. The highest BCUT2D eigenvalue weighted by Gasteiger charge is 2.24. The third kappa shape index (κ3) is 5.37. The summed E-state index contributed by atoms with van der Waals surface area (Å²) in [6, 6.07) is 18.9. The fraction of sp³-hybridized carbons (Fsp3) is 0.414. The Kier molecular flexibility index (Phi) is 7.12. The second-order valence-electron chi connectivity index (χ2n) is 10.4. The SMILES string of the molecule is NCC1CCC(Cn2nc(-c3ccc([NH+]4CCOCC4)cc3)c3cnc(Nc4ccccc4)nc32)CC1. The van der Waals surface area contributed by atoms with Crippen LogP contribution in [0.3, 0.4) is 0 Å². The van der Waals surface area contributed by atoms with Crippen LogP contribution in [0, 0.1) is 11.8 Å². The number of hydrogen-bond acceptors (Lipinski definition) is 6. The fourth-order valence-corrected chi connectivity index (χ4v) is 5.67. The Labute approximate surface area is 217 Å². The Morgan fingerprint density at radius 1 is 0.946 bits per heavy atom. The summed E-state index contributed by atoms with van der Waals surface area (Å²) in [5.41, 5.74) is 11.1. The van der Waals surface area contributed by atoms with Crippen LogP contribution in [0.15, 0.2) is 60.8 Å². The molecule has 0 unspecified atom stereocenters. The first-order chi connectivity index (χ1) is 18.3. The number of morpholine rings is 1. The number of ether oxygens (including phenoxy) is 1. The number of rotatable bonds is 7. The zero-order valence-electron chi connectivity index (χ0n) is 21.3. The molecule has 8 heteroatoms. The highest BCUT2D eigenvalue weighted by atomic mass is 16.5. The molecule has 2 aromatic carbocycles. The van der Waals surface area contributed by atoms with Gasteiger partial charge < -0.3 is 15.8 Å². The van der Waals surface area contributed by atoms with Gasteiger partial charge in [0.2, 0.25) is 5.95 Å². The van der Waals surface area contributed by atoms with Gasteiger partial charge in [-0.25, -0.2) is 9.67 Å². The van der Waals surface area contributed by atoms with Crippen LogP contribution in [0.2, 0.25) is 0 Å². The van der Waals surface area contributed by atoms with Crippen LogP contribution >= 0.6 is 0 Å². The average Bonchev–Trinajstić information content (AvgIpc) is 3.32. The summed E-state index contributed by atoms with van der Waals surface area (Å²) >= 11 is 0. The van der Waals surface area contributed by atoms with Crippen molar-refractivity contribution in [3.63, 3.8) is 0 Å². The number of quaternary nitrogens is 1. The van der Waals surface area contributed by atoms with Crippen LogP contribution in [-0.2, 0) is 11.3 Å². The molecular weight excluding hydrogens is 462 g/mol. The van der Waals surface area contributed by atoms with E-state index in [-0.39, 0.29) is 0 Å². The molecule has 1 saturated heterocycles. The van der Waals surface area contributed by atoms with Crippen molar-refractivity contribution < 1.29 is 9.64 Å². The van der Waals surface area contributed by atoms with Crippen molar-refractivity contribution in [1.82, 2.24) is 19.7 Å². The lowest BCUT2D eigenvalue weighted by molar-refractivity contribution is -0.842. The lowest BCUT2D eigenvalue weighted by Gasteiger charge is -2.27. The summed E-state index contributed by atoms with van der Waals surface area (Å²) < 4.78 is 7.64. The summed E-state index contributed by atoms with van der Waals surface area (Å²) in [7, 11) is 0. The standard InChI is InChI=1S/C29H35N7O/c30-18-21-6-8-22(9-7-21)20-36-28-26(19-31-29(33-28)32-24-4-2-1-3-5-24)27(34-36)23-10-12-25(13-11-23)35-14-16-37-17-15-35/h1-5,10-13,19,21-22H,6-9,14-18,20,30H2,(H,31,32,33)/p+1. The van der Waals surface area contributed by atoms with E-state index in [1.807, 2.05) is 36.5 Å². The van der Waals surface area contributed by atoms with Gasteiger partial charge in [-0.05, 0) is 80.5 Å². The van der Waals surface area contributed by atoms with E-state index < -0.39 is 0 Å². The highest BCUT2D eigenvalue weighted by molar-refractivity contribution is 5.91. The van der Waals surface area contributed by atoms with E-state index in [1.165, 1.54) is 36.3 Å². The number of aromatic nitrogens is 4. The molecule has 0 radical (unpaired) electrons. The number of hydrogen-bond donors (Lipinski definition) is 3. The van der Waals surface area contributed by atoms with Crippen LogP contribution in [0.5, 0.6) is 0 Å². The Balaban J connectivity index is 1.32. The van der Waals surface area contributed by atoms with Crippen molar-refractivity contribution in [2.75, 3.05) is 38.2 Å². The molecule has 3 heterocycles. The molecule has 2 aromatic heterocycles. The first kappa shape index (κ1) is 24.0. The van der Waals surface area contributed by atoms with Gasteiger partial charge in [0.05, 0.1) is 18.6 Å². The molecule has 0 amide bonds. The van der Waals surface area contributed by atoms with Gasteiger partial charge in [0, 0.05) is 24.0 Å². The molecule has 192 valence electrons. The summed E-state index contributed by atoms with van der Waals surface area (Å²) in [6.07, 6.45) is 6.70. The van der Waals surface area contributed by atoms with Crippen molar-refractivity contribution in [1.29, 1.82) is 0 Å². The highest BCUT2D eigenvalue weighted by Crippen LogP contribution is 2.32. The zero-order valence-corrected chi connectivity index (χ0v) is 21.3. The van der Waals surface area contributed by atoms with E-state index in [9.17, 15) is 0 Å². The largest absolute Gasteiger partial charge is 0.370 e. The quantitative estimate of drug-likeness (QED) is 0.361. The van der Waals surface area contributed by atoms with Gasteiger partial charge in [0.25, 0.3) is 0 Å². The van der Waals surface area contributed by atoms with Crippen LogP contribution in [0.25, 0.3) is 22.3 Å². The van der Waals surface area contributed by atoms with Gasteiger partial charge in [-0.1, -0.05) is 18.2 Å². The summed E-state index contributed by atoms with van der Waals surface area (Å²) in [4.78, 5) is 11.1. The van der Waals surface area contributed by atoms with Crippen molar-refractivity contribution in [2.45, 2.75) is 32.2 Å². The maximum absolute atomic E-state index is 5.93. The Morgan fingerprint density at radius 3 is 2.41 bits per heavy atom. The summed E-state index contributed by atoms with van der Waals surface area (Å²) in [5, 5.41) is 9.45. The summed E-state index contributed by atoms with van der Waals surface area (Å²) in [5.74, 6) is 1.84. The number of nitrogens with one attached hydrogen (secondary N) is 2. The number of nitrogens with two attached hydrogens (primary N) is 1. The first-order valence-corrected chi connectivity index (χ1v) is 13.6. The molecular formula is C29H36N7O+. The molecule has 2 fully saturated rings. The molecule has 8 nitrogen and oxygen atoms in total. The Bertz CT molecular complexity index is 1310. The number of anilines is 2. The number of fused-ring (bicyclic) bond motifs is 1. The molecule has 2 aliphatic rings. The van der Waals surface area contributed by atoms with Crippen LogP contribution in [0.1, 0.15) is 25.7 Å². The van der Waals surface area contributed by atoms with Crippen LogP contribution < -0.4 is 16.0 Å². The number of nitrogens with zero attached hydrogens (tertiary/aromatic N) is 4. The maximum atomic E-state index is 5.93. The molecule has 4 N–H and O–H groups in total. The van der Waals surface area contributed by atoms with Gasteiger partial charge in [0.1, 0.15) is 24.5 Å². The molecule has 0 bridgehead atoms. The van der Waals surface area contributed by atoms with Crippen LogP contribution in [0.4, 0.5) is 17.3 Å². The van der Waals surface area contributed by atoms with E-state index in [0.717, 1.165) is 67.4 Å². The van der Waals surface area contributed by atoms with E-state index >= 15 is 0 Å². The lowest BCUT2D eigenvalue weighted by Crippen LogP contribution is -3.09. The van der Waals surface area contributed by atoms with Crippen molar-refractivity contribution in [3.05, 3.63) is 60.8 Å². The van der Waals surface area contributed by atoms with Crippen molar-refractivity contribution >= 4 is 28.4 Å². The van der Waals surface area contributed by atoms with E-state index in [4.69, 9.17) is 20.6 Å². The number of para-hydroxylation sites is 1. The van der Waals surface area contributed by atoms with Gasteiger partial charge in [0.15, 0.2) is 5.65 Å². The third-order valence-electron chi connectivity index (χ3n) is 7.91. The molecule has 1 aliphatic carbocycles. The zero-order chi connectivity index (χ0) is 25.0. The van der Waals surface area contributed by atoms with Crippen molar-refractivity contribution in [2.24, 2.45) is 17.6 Å². The van der Waals surface area contributed by atoms with Crippen molar-refractivity contribution in [3.8, 4) is 11.3 Å². The second kappa shape index (κ2) is 11.0. The molecule has 0 spiro atoms. The van der Waals surface area contributed by atoms with Gasteiger partial charge in [-0.2, -0.15) is 10.1 Å². The van der Waals surface area contributed by atoms with Gasteiger partial charge >= 0.3 is 0 Å². The molecule has 1 saturated carbocycles. The molecule has 6 rings (SSSR count). The average molecular weight is 499 g/mol. The minimum atomic E-state index is 0.588. The molecule has 1 aliphatic heterocycles.